The van der Waals surface area contributed by atoms with Gasteiger partial charge in [-0.25, -0.2) is 4.79 Å². The summed E-state index contributed by atoms with van der Waals surface area (Å²) in [5, 5.41) is 8.09. The van der Waals surface area contributed by atoms with Crippen molar-refractivity contribution < 1.29 is 9.53 Å². The average molecular weight is 270 g/mol. The zero-order chi connectivity index (χ0) is 13.0. The second-order valence-corrected chi connectivity index (χ2v) is 4.68. The Bertz CT molecular complexity index is 431. The van der Waals surface area contributed by atoms with E-state index in [0.717, 1.165) is 25.9 Å². The molecule has 0 aliphatic carbocycles. The van der Waals surface area contributed by atoms with Crippen molar-refractivity contribution in [3.63, 3.8) is 0 Å². The molecule has 0 aromatic carbocycles. The summed E-state index contributed by atoms with van der Waals surface area (Å²) in [6.07, 6.45) is 4.63. The number of methoxy groups -OCH3 is 1. The first-order chi connectivity index (χ1) is 8.72. The van der Waals surface area contributed by atoms with E-state index in [1.54, 1.807) is 0 Å². The summed E-state index contributed by atoms with van der Waals surface area (Å²) in [6.45, 7) is 1.78. The molecule has 0 N–H and O–H groups in total. The maximum absolute atomic E-state index is 11.7. The number of esters is 1. The molecular weight excluding hydrogens is 254 g/mol. The van der Waals surface area contributed by atoms with Crippen LogP contribution in [0.15, 0.2) is 6.07 Å². The van der Waals surface area contributed by atoms with E-state index in [9.17, 15) is 4.79 Å². The van der Waals surface area contributed by atoms with Gasteiger partial charge in [-0.3, -0.25) is 0 Å². The molecule has 5 nitrogen and oxygen atoms in total. The largest absolute Gasteiger partial charge is 0.465 e. The SMILES string of the molecule is COC(=O)c1cc(Cl)nnc1N1CCCCCC1. The van der Waals surface area contributed by atoms with Crippen LogP contribution >= 0.6 is 11.6 Å². The number of ether oxygens (including phenoxy) is 1. The minimum absolute atomic E-state index is 0.203. The minimum Gasteiger partial charge on any atom is -0.465 e. The van der Waals surface area contributed by atoms with Crippen LogP contribution in [0.1, 0.15) is 36.0 Å². The quantitative estimate of drug-likeness (QED) is 0.771. The number of rotatable bonds is 2. The number of anilines is 1. The Labute approximate surface area is 111 Å². The fraction of sp³-hybridized carbons (Fsp3) is 0.583. The predicted octanol–water partition coefficient (Wildman–Crippen LogP) is 2.30. The standard InChI is InChI=1S/C12H16ClN3O2/c1-18-12(17)9-8-10(13)14-15-11(9)16-6-4-2-3-5-7-16/h8H,2-7H2,1H3. The molecule has 6 heteroatoms. The number of carbonyl (C=O) groups excluding carboxylic acids is 1. The van der Waals surface area contributed by atoms with Gasteiger partial charge in [-0.05, 0) is 18.9 Å². The topological polar surface area (TPSA) is 55.3 Å². The monoisotopic (exact) mass is 269 g/mol. The van der Waals surface area contributed by atoms with Gasteiger partial charge in [0.15, 0.2) is 11.0 Å². The molecule has 98 valence electrons. The fourth-order valence-electron chi connectivity index (χ4n) is 2.14. The molecule has 0 radical (unpaired) electrons. The molecule has 1 aliphatic rings. The van der Waals surface area contributed by atoms with Gasteiger partial charge in [0.25, 0.3) is 0 Å². The normalized spacial score (nSPS) is 16.2. The highest BCUT2D eigenvalue weighted by Gasteiger charge is 2.21. The van der Waals surface area contributed by atoms with Gasteiger partial charge < -0.3 is 9.64 Å². The summed E-state index contributed by atoms with van der Waals surface area (Å²) in [5.41, 5.74) is 0.388. The van der Waals surface area contributed by atoms with E-state index in [4.69, 9.17) is 16.3 Å². The van der Waals surface area contributed by atoms with Gasteiger partial charge in [0.1, 0.15) is 5.56 Å². The summed E-state index contributed by atoms with van der Waals surface area (Å²) in [5.74, 6) is 0.152. The Balaban J connectivity index is 2.32. The number of hydrogen-bond donors (Lipinski definition) is 0. The highest BCUT2D eigenvalue weighted by atomic mass is 35.5. The van der Waals surface area contributed by atoms with Crippen molar-refractivity contribution >= 4 is 23.4 Å². The van der Waals surface area contributed by atoms with Gasteiger partial charge in [0, 0.05) is 13.1 Å². The molecular formula is C12H16ClN3O2. The van der Waals surface area contributed by atoms with Crippen LogP contribution in [0.25, 0.3) is 0 Å². The number of hydrogen-bond acceptors (Lipinski definition) is 5. The summed E-state index contributed by atoms with van der Waals surface area (Å²) in [4.78, 5) is 13.8. The minimum atomic E-state index is -0.425. The first kappa shape index (κ1) is 13.1. The highest BCUT2D eigenvalue weighted by molar-refractivity contribution is 6.29. The lowest BCUT2D eigenvalue weighted by molar-refractivity contribution is 0.0600. The highest BCUT2D eigenvalue weighted by Crippen LogP contribution is 2.23. The van der Waals surface area contributed by atoms with Crippen LogP contribution in [0.3, 0.4) is 0 Å². The molecule has 0 bridgehead atoms. The fourth-order valence-corrected chi connectivity index (χ4v) is 2.28. The summed E-state index contributed by atoms with van der Waals surface area (Å²) in [6, 6.07) is 1.51. The van der Waals surface area contributed by atoms with Crippen LogP contribution in [-0.2, 0) is 4.74 Å². The zero-order valence-corrected chi connectivity index (χ0v) is 11.1. The molecule has 1 aromatic rings. The maximum atomic E-state index is 11.7. The van der Waals surface area contributed by atoms with Gasteiger partial charge in [-0.15, -0.1) is 10.2 Å². The Hall–Kier alpha value is -1.36. The molecule has 0 atom stereocenters. The molecule has 0 saturated carbocycles. The zero-order valence-electron chi connectivity index (χ0n) is 10.4. The van der Waals surface area contributed by atoms with Crippen molar-refractivity contribution in [1.29, 1.82) is 0 Å². The van der Waals surface area contributed by atoms with E-state index in [2.05, 4.69) is 15.1 Å². The van der Waals surface area contributed by atoms with Crippen LogP contribution < -0.4 is 4.90 Å². The first-order valence-corrected chi connectivity index (χ1v) is 6.46. The Morgan fingerprint density at radius 1 is 1.28 bits per heavy atom. The molecule has 18 heavy (non-hydrogen) atoms. The second kappa shape index (κ2) is 6.00. The first-order valence-electron chi connectivity index (χ1n) is 6.09. The number of nitrogens with zero attached hydrogens (tertiary/aromatic N) is 3. The van der Waals surface area contributed by atoms with Crippen LogP contribution in [0.2, 0.25) is 5.15 Å². The van der Waals surface area contributed by atoms with Gasteiger partial charge in [-0.1, -0.05) is 24.4 Å². The lowest BCUT2D eigenvalue weighted by atomic mass is 10.2. The van der Waals surface area contributed by atoms with Crippen LogP contribution in [0, 0.1) is 0 Å². The predicted molar refractivity (Wildman–Crippen MR) is 69.1 cm³/mol. The van der Waals surface area contributed by atoms with Crippen molar-refractivity contribution in [2.75, 3.05) is 25.1 Å². The van der Waals surface area contributed by atoms with E-state index < -0.39 is 5.97 Å². The van der Waals surface area contributed by atoms with Crippen molar-refractivity contribution in [3.8, 4) is 0 Å². The number of carbonyl (C=O) groups is 1. The van der Waals surface area contributed by atoms with Crippen molar-refractivity contribution in [1.82, 2.24) is 10.2 Å². The van der Waals surface area contributed by atoms with Gasteiger partial charge in [0.2, 0.25) is 0 Å². The third-order valence-electron chi connectivity index (χ3n) is 3.06. The van der Waals surface area contributed by atoms with Crippen molar-refractivity contribution in [2.24, 2.45) is 0 Å². The van der Waals surface area contributed by atoms with E-state index in [-0.39, 0.29) is 5.15 Å². The Kier molecular flexibility index (Phi) is 4.36. The molecule has 0 amide bonds. The third-order valence-corrected chi connectivity index (χ3v) is 3.24. The molecule has 0 unspecified atom stereocenters. The lowest BCUT2D eigenvalue weighted by Crippen LogP contribution is -2.27. The lowest BCUT2D eigenvalue weighted by Gasteiger charge is -2.22. The molecule has 0 spiro atoms. The van der Waals surface area contributed by atoms with Crippen molar-refractivity contribution in [2.45, 2.75) is 25.7 Å². The van der Waals surface area contributed by atoms with Gasteiger partial charge >= 0.3 is 5.97 Å². The van der Waals surface area contributed by atoms with Crippen LogP contribution in [0.4, 0.5) is 5.82 Å². The van der Waals surface area contributed by atoms with Crippen molar-refractivity contribution in [3.05, 3.63) is 16.8 Å². The van der Waals surface area contributed by atoms with E-state index >= 15 is 0 Å². The van der Waals surface area contributed by atoms with E-state index in [0.29, 0.717) is 11.4 Å². The van der Waals surface area contributed by atoms with Crippen LogP contribution in [-0.4, -0.2) is 36.4 Å². The average Bonchev–Trinajstić information content (AvgIpc) is 2.66. The molecule has 1 aromatic heterocycles. The van der Waals surface area contributed by atoms with Gasteiger partial charge in [-0.2, -0.15) is 0 Å². The summed E-state index contributed by atoms with van der Waals surface area (Å²) >= 11 is 5.79. The van der Waals surface area contributed by atoms with Crippen LogP contribution in [0.5, 0.6) is 0 Å². The van der Waals surface area contributed by atoms with Gasteiger partial charge in [0.05, 0.1) is 7.11 Å². The molecule has 2 rings (SSSR count). The molecule has 2 heterocycles. The molecule has 1 fully saturated rings. The maximum Gasteiger partial charge on any atom is 0.341 e. The third kappa shape index (κ3) is 2.90. The summed E-state index contributed by atoms with van der Waals surface area (Å²) < 4.78 is 4.76. The molecule has 1 aliphatic heterocycles. The summed E-state index contributed by atoms with van der Waals surface area (Å²) in [7, 11) is 1.35. The second-order valence-electron chi connectivity index (χ2n) is 4.30. The number of halogens is 1. The van der Waals surface area contributed by atoms with E-state index in [1.807, 2.05) is 0 Å². The smallest absolute Gasteiger partial charge is 0.341 e. The Morgan fingerprint density at radius 3 is 2.56 bits per heavy atom. The number of aromatic nitrogens is 2. The molecule has 1 saturated heterocycles. The Morgan fingerprint density at radius 2 is 1.94 bits per heavy atom. The van der Waals surface area contributed by atoms with E-state index in [1.165, 1.54) is 26.0 Å².